The van der Waals surface area contributed by atoms with Crippen molar-refractivity contribution in [3.05, 3.63) is 116 Å². The lowest BCUT2D eigenvalue weighted by Crippen LogP contribution is -2.20. The summed E-state index contributed by atoms with van der Waals surface area (Å²) in [4.78, 5) is 32.9. The van der Waals surface area contributed by atoms with E-state index in [1.807, 2.05) is 24.3 Å². The fourth-order valence-electron chi connectivity index (χ4n) is 4.56. The molecule has 1 atom stereocenters. The summed E-state index contributed by atoms with van der Waals surface area (Å²) >= 11 is 0. The smallest absolute Gasteiger partial charge is 0.380 e. The van der Waals surface area contributed by atoms with Crippen molar-refractivity contribution in [2.24, 2.45) is 0 Å². The topological polar surface area (TPSA) is 130 Å². The minimum Gasteiger partial charge on any atom is -0.497 e. The van der Waals surface area contributed by atoms with Crippen molar-refractivity contribution in [1.82, 2.24) is 9.97 Å². The maximum Gasteiger partial charge on any atom is 0.380 e. The molecule has 1 unspecified atom stereocenters. The normalized spacial score (nSPS) is 13.8. The Bertz CT molecular complexity index is 1730. The number of benzene rings is 3. The number of hydrogen-bond donors (Lipinski definition) is 1. The average molecular weight is 494 g/mol. The van der Waals surface area contributed by atoms with Crippen LogP contribution in [0.3, 0.4) is 0 Å². The van der Waals surface area contributed by atoms with Crippen LogP contribution in [0.5, 0.6) is 17.4 Å². The molecule has 1 aliphatic rings. The molecule has 1 aliphatic heterocycles. The fraction of sp³-hybridized carbons (Fsp3) is 0.0741. The SMILES string of the molecule is COc1ccc(Nc2ncnc3c2C(c2cccc([N+](=O)[O-])c2)c2c(c(=O)oc4ccccc24)O3)cc1. The lowest BCUT2D eigenvalue weighted by atomic mass is 9.82. The van der Waals surface area contributed by atoms with E-state index in [0.717, 1.165) is 5.69 Å². The molecule has 3 aromatic carbocycles. The molecule has 2 aromatic heterocycles. The number of nitro groups is 1. The minimum atomic E-state index is -0.672. The lowest BCUT2D eigenvalue weighted by molar-refractivity contribution is -0.384. The van der Waals surface area contributed by atoms with Gasteiger partial charge in [-0.1, -0.05) is 30.3 Å². The van der Waals surface area contributed by atoms with Gasteiger partial charge in [0.15, 0.2) is 0 Å². The third-order valence-electron chi connectivity index (χ3n) is 6.20. The first kappa shape index (κ1) is 22.2. The van der Waals surface area contributed by atoms with Gasteiger partial charge in [-0.3, -0.25) is 10.1 Å². The van der Waals surface area contributed by atoms with Crippen LogP contribution in [-0.4, -0.2) is 22.0 Å². The van der Waals surface area contributed by atoms with E-state index in [0.29, 0.717) is 39.2 Å². The first-order chi connectivity index (χ1) is 18.0. The van der Waals surface area contributed by atoms with E-state index in [9.17, 15) is 14.9 Å². The number of fused-ring (bicyclic) bond motifs is 4. The molecule has 0 saturated carbocycles. The second kappa shape index (κ2) is 8.76. The van der Waals surface area contributed by atoms with Gasteiger partial charge in [0.05, 0.1) is 17.6 Å². The number of hydrogen-bond acceptors (Lipinski definition) is 9. The van der Waals surface area contributed by atoms with E-state index in [-0.39, 0.29) is 17.3 Å². The van der Waals surface area contributed by atoms with Gasteiger partial charge in [0, 0.05) is 34.7 Å². The van der Waals surface area contributed by atoms with Crippen molar-refractivity contribution in [3.63, 3.8) is 0 Å². The van der Waals surface area contributed by atoms with Crippen molar-refractivity contribution in [2.75, 3.05) is 12.4 Å². The highest BCUT2D eigenvalue weighted by Crippen LogP contribution is 2.50. The van der Waals surface area contributed by atoms with Gasteiger partial charge in [-0.05, 0) is 35.9 Å². The van der Waals surface area contributed by atoms with E-state index < -0.39 is 16.5 Å². The second-order valence-corrected chi connectivity index (χ2v) is 8.31. The highest BCUT2D eigenvalue weighted by Gasteiger charge is 2.37. The molecule has 182 valence electrons. The summed E-state index contributed by atoms with van der Waals surface area (Å²) in [7, 11) is 1.59. The van der Waals surface area contributed by atoms with Gasteiger partial charge in [0.1, 0.15) is 23.5 Å². The van der Waals surface area contributed by atoms with Crippen LogP contribution in [0.2, 0.25) is 0 Å². The standard InChI is InChI=1S/C27H18N4O6/c1-35-18-11-9-16(10-12-18)30-25-23-21(15-5-4-6-17(13-15)31(33)34)22-19-7-2-3-8-20(19)36-27(32)24(22)37-26(23)29-14-28-25/h2-14,21H,1H3,(H,28,29,30). The van der Waals surface area contributed by atoms with E-state index in [4.69, 9.17) is 13.9 Å². The summed E-state index contributed by atoms with van der Waals surface area (Å²) in [5.41, 5.74) is 1.97. The molecule has 10 nitrogen and oxygen atoms in total. The van der Waals surface area contributed by atoms with E-state index in [1.165, 1.54) is 18.5 Å². The van der Waals surface area contributed by atoms with Crippen molar-refractivity contribution < 1.29 is 18.8 Å². The monoisotopic (exact) mass is 494 g/mol. The van der Waals surface area contributed by atoms with E-state index in [2.05, 4.69) is 15.3 Å². The number of rotatable bonds is 5. The molecule has 37 heavy (non-hydrogen) atoms. The maximum absolute atomic E-state index is 13.0. The molecule has 5 aromatic rings. The largest absolute Gasteiger partial charge is 0.497 e. The number of nitrogens with one attached hydrogen (secondary N) is 1. The lowest BCUT2D eigenvalue weighted by Gasteiger charge is -2.29. The Morgan fingerprint density at radius 1 is 1.00 bits per heavy atom. The van der Waals surface area contributed by atoms with Crippen molar-refractivity contribution in [3.8, 4) is 17.4 Å². The Morgan fingerprint density at radius 2 is 1.81 bits per heavy atom. The van der Waals surface area contributed by atoms with Crippen LogP contribution in [0.1, 0.15) is 22.6 Å². The number of anilines is 2. The molecule has 6 rings (SSSR count). The van der Waals surface area contributed by atoms with Crippen LogP contribution >= 0.6 is 0 Å². The number of nitro benzene ring substituents is 1. The third-order valence-corrected chi connectivity index (χ3v) is 6.20. The predicted octanol–water partition coefficient (Wildman–Crippen LogP) is 5.53. The first-order valence-corrected chi connectivity index (χ1v) is 11.3. The van der Waals surface area contributed by atoms with Crippen LogP contribution in [0, 0.1) is 10.1 Å². The highest BCUT2D eigenvalue weighted by atomic mass is 16.6. The van der Waals surface area contributed by atoms with Gasteiger partial charge in [-0.2, -0.15) is 0 Å². The molecule has 0 radical (unpaired) electrons. The van der Waals surface area contributed by atoms with Crippen molar-refractivity contribution >= 4 is 28.2 Å². The maximum atomic E-state index is 13.0. The summed E-state index contributed by atoms with van der Waals surface area (Å²) < 4.78 is 16.8. The second-order valence-electron chi connectivity index (χ2n) is 8.31. The van der Waals surface area contributed by atoms with Crippen molar-refractivity contribution in [1.29, 1.82) is 0 Å². The molecule has 0 amide bonds. The molecule has 0 spiro atoms. The van der Waals surface area contributed by atoms with E-state index in [1.54, 1.807) is 43.5 Å². The Hall–Kier alpha value is -5.25. The van der Waals surface area contributed by atoms with Crippen LogP contribution in [0.15, 0.2) is 88.3 Å². The summed E-state index contributed by atoms with van der Waals surface area (Å²) in [6.45, 7) is 0. The summed E-state index contributed by atoms with van der Waals surface area (Å²) in [5, 5.41) is 15.6. The van der Waals surface area contributed by atoms with Gasteiger partial charge in [0.25, 0.3) is 5.69 Å². The first-order valence-electron chi connectivity index (χ1n) is 11.3. The van der Waals surface area contributed by atoms with Gasteiger partial charge >= 0.3 is 5.63 Å². The third kappa shape index (κ3) is 3.80. The molecule has 0 aliphatic carbocycles. The molecule has 0 bridgehead atoms. The van der Waals surface area contributed by atoms with Crippen LogP contribution in [-0.2, 0) is 0 Å². The molecular weight excluding hydrogens is 476 g/mol. The van der Waals surface area contributed by atoms with Crippen LogP contribution in [0.25, 0.3) is 11.0 Å². The average Bonchev–Trinajstić information content (AvgIpc) is 2.93. The molecule has 1 N–H and O–H groups in total. The predicted molar refractivity (Wildman–Crippen MR) is 135 cm³/mol. The number of nitrogens with zero attached hydrogens (tertiary/aromatic N) is 3. The zero-order valence-corrected chi connectivity index (χ0v) is 19.4. The summed E-state index contributed by atoms with van der Waals surface area (Å²) in [6.07, 6.45) is 1.32. The van der Waals surface area contributed by atoms with Crippen LogP contribution in [0.4, 0.5) is 17.2 Å². The van der Waals surface area contributed by atoms with E-state index >= 15 is 0 Å². The zero-order valence-electron chi connectivity index (χ0n) is 19.4. The Labute approximate surface area is 209 Å². The Kier molecular flexibility index (Phi) is 5.26. The molecular formula is C27H18N4O6. The quantitative estimate of drug-likeness (QED) is 0.187. The number of aromatic nitrogens is 2. The number of non-ortho nitro benzene ring substituents is 1. The van der Waals surface area contributed by atoms with Gasteiger partial charge in [-0.25, -0.2) is 14.8 Å². The number of para-hydroxylation sites is 1. The molecule has 3 heterocycles. The van der Waals surface area contributed by atoms with Gasteiger partial charge < -0.3 is 19.2 Å². The minimum absolute atomic E-state index is 0.0168. The van der Waals surface area contributed by atoms with Crippen LogP contribution < -0.4 is 20.4 Å². The number of ether oxygens (including phenoxy) is 2. The van der Waals surface area contributed by atoms with Crippen molar-refractivity contribution in [2.45, 2.75) is 5.92 Å². The summed E-state index contributed by atoms with van der Waals surface area (Å²) in [6, 6.07) is 20.6. The highest BCUT2D eigenvalue weighted by molar-refractivity contribution is 5.86. The fourth-order valence-corrected chi connectivity index (χ4v) is 4.56. The van der Waals surface area contributed by atoms with Gasteiger partial charge in [-0.15, -0.1) is 0 Å². The Balaban J connectivity index is 1.62. The molecule has 0 saturated heterocycles. The Morgan fingerprint density at radius 3 is 2.59 bits per heavy atom. The zero-order chi connectivity index (χ0) is 25.5. The molecule has 0 fully saturated rings. The summed E-state index contributed by atoms with van der Waals surface area (Å²) in [5.74, 6) is 0.582. The number of methoxy groups -OCH3 is 1. The molecule has 10 heteroatoms. The van der Waals surface area contributed by atoms with Gasteiger partial charge in [0.2, 0.25) is 11.6 Å².